The topological polar surface area (TPSA) is 66.8 Å². The number of carbonyl (C=O) groups is 2. The predicted octanol–water partition coefficient (Wildman–Crippen LogP) is 1.95. The van der Waals surface area contributed by atoms with Gasteiger partial charge in [-0.3, -0.25) is 9.69 Å². The second-order valence-electron chi connectivity index (χ2n) is 6.01. The zero-order valence-corrected chi connectivity index (χ0v) is 10.5. The fourth-order valence-corrected chi connectivity index (χ4v) is 2.75. The number of ether oxygens (including phenoxy) is 1. The van der Waals surface area contributed by atoms with Crippen LogP contribution in [-0.4, -0.2) is 45.4 Å². The average molecular weight is 260 g/mol. The highest BCUT2D eigenvalue weighted by atomic mass is 19.1. The summed E-state index contributed by atoms with van der Waals surface area (Å²) in [5, 5.41) is 8.87. The van der Waals surface area contributed by atoms with E-state index in [1.807, 2.05) is 0 Å². The van der Waals surface area contributed by atoms with Crippen molar-refractivity contribution in [1.82, 2.24) is 4.90 Å². The fraction of sp³-hybridized carbons (Fsp3) is 0.833. The van der Waals surface area contributed by atoms with Gasteiger partial charge in [-0.1, -0.05) is 0 Å². The van der Waals surface area contributed by atoms with Crippen molar-refractivity contribution in [2.24, 2.45) is 0 Å². The van der Waals surface area contributed by atoms with E-state index < -0.39 is 35.4 Å². The van der Waals surface area contributed by atoms with E-state index in [0.717, 1.165) is 4.90 Å². The number of nitrogens with zero attached hydrogens (tertiary/aromatic N) is 1. The Labute approximate surface area is 106 Å². The third-order valence-corrected chi connectivity index (χ3v) is 3.39. The Morgan fingerprint density at radius 1 is 1.50 bits per heavy atom. The molecular weight excluding hydrogens is 241 g/mol. The second kappa shape index (κ2) is 3.59. The molecule has 2 bridgehead atoms. The van der Waals surface area contributed by atoms with Crippen molar-refractivity contribution >= 4 is 12.1 Å². The van der Waals surface area contributed by atoms with Gasteiger partial charge in [-0.05, 0) is 20.7 Å². The molecule has 3 fully saturated rings. The molecule has 0 aromatic heterocycles. The van der Waals surface area contributed by atoms with E-state index >= 15 is 0 Å². The molecule has 3 aliphatic rings. The average Bonchev–Trinajstić information content (AvgIpc) is 2.19. The molecule has 6 heteroatoms. The van der Waals surface area contributed by atoms with E-state index in [1.54, 1.807) is 13.8 Å². The zero-order valence-electron chi connectivity index (χ0n) is 11.5. The lowest BCUT2D eigenvalue weighted by molar-refractivity contribution is -0.220. The van der Waals surface area contributed by atoms with Crippen LogP contribution in [0.1, 0.15) is 41.4 Å². The summed E-state index contributed by atoms with van der Waals surface area (Å²) in [6, 6.07) is 0. The lowest BCUT2D eigenvalue weighted by Gasteiger charge is -2.68. The molecule has 0 aromatic rings. The molecule has 0 aromatic carbocycles. The summed E-state index contributed by atoms with van der Waals surface area (Å²) >= 11 is 0. The number of carboxylic acids is 1. The van der Waals surface area contributed by atoms with Crippen LogP contribution in [0, 0.1) is 0 Å². The van der Waals surface area contributed by atoms with Gasteiger partial charge in [0.15, 0.2) is 0 Å². The highest BCUT2D eigenvalue weighted by Crippen LogP contribution is 2.66. The van der Waals surface area contributed by atoms with Crippen LogP contribution in [0.5, 0.6) is 0 Å². The summed E-state index contributed by atoms with van der Waals surface area (Å²) in [5.74, 6) is -1.15. The Morgan fingerprint density at radius 3 is 2.44 bits per heavy atom. The monoisotopic (exact) mass is 260 g/mol. The molecule has 5 nitrogen and oxygen atoms in total. The number of halogens is 1. The van der Waals surface area contributed by atoms with Crippen molar-refractivity contribution in [3.8, 4) is 0 Å². The van der Waals surface area contributed by atoms with Crippen molar-refractivity contribution in [1.29, 1.82) is 0 Å². The molecule has 0 atom stereocenters. The van der Waals surface area contributed by atoms with Crippen LogP contribution in [0.2, 0.25) is 0 Å². The maximum atomic E-state index is 13.5. The van der Waals surface area contributed by atoms with Crippen LogP contribution in [0.3, 0.4) is 0 Å². The van der Waals surface area contributed by atoms with Gasteiger partial charge < -0.3 is 9.84 Å². The van der Waals surface area contributed by atoms with E-state index in [1.165, 1.54) is 0 Å². The SMILES string of the molecule is [2H]CC(C)(C)OC(=O)N(CC(=O)O)C12CC(F)(C1)C2. The standard InChI is InChI=1S/C12H18FNO4/c1-10(2,3)18-9(17)14(4-8(15)16)12-5-11(13,6-12)7-12/h4-7H2,1-3H3,(H,15,16)/i1D. The summed E-state index contributed by atoms with van der Waals surface area (Å²) in [7, 11) is 0. The zero-order chi connectivity index (χ0) is 14.5. The first-order valence-corrected chi connectivity index (χ1v) is 5.82. The first-order chi connectivity index (χ1) is 8.61. The summed E-state index contributed by atoms with van der Waals surface area (Å²) in [6.45, 7) is 2.54. The first-order valence-electron chi connectivity index (χ1n) is 6.53. The minimum atomic E-state index is -1.22. The number of carbonyl (C=O) groups excluding carboxylic acids is 1. The van der Waals surface area contributed by atoms with Crippen molar-refractivity contribution < 1.29 is 25.2 Å². The van der Waals surface area contributed by atoms with E-state index in [9.17, 15) is 14.0 Å². The van der Waals surface area contributed by atoms with Crippen LogP contribution in [0.15, 0.2) is 0 Å². The van der Waals surface area contributed by atoms with Gasteiger partial charge in [0.1, 0.15) is 17.8 Å². The minimum absolute atomic E-state index is 0.125. The highest BCUT2D eigenvalue weighted by molar-refractivity contribution is 5.78. The molecule has 3 rings (SSSR count). The number of hydrogen-bond acceptors (Lipinski definition) is 3. The van der Waals surface area contributed by atoms with E-state index in [4.69, 9.17) is 11.2 Å². The van der Waals surface area contributed by atoms with Crippen molar-refractivity contribution in [3.05, 3.63) is 0 Å². The molecule has 18 heavy (non-hydrogen) atoms. The number of amides is 1. The Morgan fingerprint density at radius 2 is 2.06 bits per heavy atom. The molecule has 102 valence electrons. The molecule has 0 heterocycles. The minimum Gasteiger partial charge on any atom is -0.480 e. The largest absolute Gasteiger partial charge is 0.480 e. The van der Waals surface area contributed by atoms with E-state index in [0.29, 0.717) is 0 Å². The van der Waals surface area contributed by atoms with Crippen LogP contribution >= 0.6 is 0 Å². The molecule has 1 N–H and O–H groups in total. The number of hydrogen-bond donors (Lipinski definition) is 1. The molecule has 0 radical (unpaired) electrons. The lowest BCUT2D eigenvalue weighted by Crippen LogP contribution is -2.78. The van der Waals surface area contributed by atoms with Crippen molar-refractivity contribution in [2.45, 2.75) is 56.8 Å². The summed E-state index contributed by atoms with van der Waals surface area (Å²) < 4.78 is 25.9. The van der Waals surface area contributed by atoms with Crippen LogP contribution < -0.4 is 0 Å². The van der Waals surface area contributed by atoms with Crippen LogP contribution in [0.4, 0.5) is 9.18 Å². The lowest BCUT2D eigenvalue weighted by atomic mass is 9.46. The highest BCUT2D eigenvalue weighted by Gasteiger charge is 2.73. The number of alkyl halides is 1. The van der Waals surface area contributed by atoms with Gasteiger partial charge in [0.25, 0.3) is 0 Å². The Kier molecular flexibility index (Phi) is 2.34. The smallest absolute Gasteiger partial charge is 0.411 e. The van der Waals surface area contributed by atoms with Crippen molar-refractivity contribution in [3.63, 3.8) is 0 Å². The van der Waals surface area contributed by atoms with Gasteiger partial charge in [-0.25, -0.2) is 9.18 Å². The second-order valence-corrected chi connectivity index (χ2v) is 6.01. The summed E-state index contributed by atoms with van der Waals surface area (Å²) in [4.78, 5) is 24.0. The van der Waals surface area contributed by atoms with Gasteiger partial charge in [-0.2, -0.15) is 0 Å². The summed E-state index contributed by atoms with van der Waals surface area (Å²) in [6.07, 6.45) is -0.224. The number of aliphatic carboxylic acids is 1. The van der Waals surface area contributed by atoms with E-state index in [-0.39, 0.29) is 26.2 Å². The first kappa shape index (κ1) is 11.7. The number of rotatable bonds is 3. The van der Waals surface area contributed by atoms with Crippen molar-refractivity contribution in [2.75, 3.05) is 6.54 Å². The predicted molar refractivity (Wildman–Crippen MR) is 61.0 cm³/mol. The van der Waals surface area contributed by atoms with Gasteiger partial charge in [-0.15, -0.1) is 0 Å². The van der Waals surface area contributed by atoms with Gasteiger partial charge in [0.05, 0.1) is 5.54 Å². The Balaban J connectivity index is 2.06. The van der Waals surface area contributed by atoms with E-state index in [2.05, 4.69) is 0 Å². The molecule has 0 unspecified atom stereocenters. The van der Waals surface area contributed by atoms with Crippen LogP contribution in [0.25, 0.3) is 0 Å². The third-order valence-electron chi connectivity index (χ3n) is 3.39. The Hall–Kier alpha value is -1.33. The van der Waals surface area contributed by atoms with Crippen LogP contribution in [-0.2, 0) is 9.53 Å². The normalized spacial score (nSPS) is 33.8. The Bertz CT molecular complexity index is 406. The van der Waals surface area contributed by atoms with Gasteiger partial charge in [0.2, 0.25) is 0 Å². The molecule has 1 amide bonds. The quantitative estimate of drug-likeness (QED) is 0.842. The molecule has 0 spiro atoms. The third kappa shape index (κ3) is 2.15. The molecular formula is C12H18FNO4. The summed E-state index contributed by atoms with van der Waals surface area (Å²) in [5.41, 5.74) is -2.89. The maximum Gasteiger partial charge on any atom is 0.411 e. The maximum absolute atomic E-state index is 13.5. The van der Waals surface area contributed by atoms with Gasteiger partial charge >= 0.3 is 12.1 Å². The molecule has 3 aliphatic carbocycles. The molecule has 0 saturated heterocycles. The van der Waals surface area contributed by atoms with Gasteiger partial charge in [0, 0.05) is 20.6 Å². The fourth-order valence-electron chi connectivity index (χ4n) is 2.75. The number of carboxylic acid groups (broad SMARTS) is 1. The molecule has 0 aliphatic heterocycles. The molecule has 3 saturated carbocycles.